The van der Waals surface area contributed by atoms with E-state index in [-0.39, 0.29) is 24.1 Å². The van der Waals surface area contributed by atoms with E-state index in [1.807, 2.05) is 0 Å². The summed E-state index contributed by atoms with van der Waals surface area (Å²) in [7, 11) is -1.50. The lowest BCUT2D eigenvalue weighted by molar-refractivity contribution is -0.385. The van der Waals surface area contributed by atoms with Crippen molar-refractivity contribution in [3.05, 3.63) is 33.4 Å². The van der Waals surface area contributed by atoms with E-state index in [0.29, 0.717) is 11.5 Å². The van der Waals surface area contributed by atoms with Gasteiger partial charge in [-0.1, -0.05) is 21.6 Å². The summed E-state index contributed by atoms with van der Waals surface area (Å²) in [4.78, 5) is 32.4. The van der Waals surface area contributed by atoms with Gasteiger partial charge in [-0.25, -0.2) is 13.6 Å². The van der Waals surface area contributed by atoms with Crippen molar-refractivity contribution in [2.24, 2.45) is 5.14 Å². The van der Waals surface area contributed by atoms with Crippen LogP contribution < -0.4 is 10.5 Å². The van der Waals surface area contributed by atoms with Crippen molar-refractivity contribution < 1.29 is 28.0 Å². The molecule has 0 bridgehead atoms. The molecular formula is C13H17N3O7S3. The van der Waals surface area contributed by atoms with Crippen LogP contribution in [0.2, 0.25) is 0 Å². The van der Waals surface area contributed by atoms with E-state index in [2.05, 4.69) is 5.32 Å². The van der Waals surface area contributed by atoms with E-state index in [1.54, 1.807) is 0 Å². The molecule has 0 fully saturated rings. The molecule has 0 aliphatic heterocycles. The molecule has 0 radical (unpaired) electrons. The zero-order chi connectivity index (χ0) is 19.9. The fourth-order valence-corrected chi connectivity index (χ4v) is 4.26. The third kappa shape index (κ3) is 6.82. The summed E-state index contributed by atoms with van der Waals surface area (Å²) >= 11 is 0. The first kappa shape index (κ1) is 22.2. The zero-order valence-electron chi connectivity index (χ0n) is 13.6. The molecule has 0 heterocycles. The van der Waals surface area contributed by atoms with Crippen molar-refractivity contribution >= 4 is 49.2 Å². The van der Waals surface area contributed by atoms with Gasteiger partial charge in [-0.15, -0.1) is 0 Å². The van der Waals surface area contributed by atoms with Crippen LogP contribution in [0.25, 0.3) is 0 Å². The number of hydrogen-bond acceptors (Lipinski definition) is 8. The van der Waals surface area contributed by atoms with Crippen molar-refractivity contribution in [3.63, 3.8) is 0 Å². The number of primary sulfonamides is 1. The predicted molar refractivity (Wildman–Crippen MR) is 98.7 cm³/mol. The second-order valence-electron chi connectivity index (χ2n) is 4.96. The molecule has 0 aliphatic rings. The second kappa shape index (κ2) is 9.75. The highest BCUT2D eigenvalue weighted by molar-refractivity contribution is 8.76. The average Bonchev–Trinajstić information content (AvgIpc) is 2.52. The number of carboxylic acids is 1. The molecule has 1 amide bonds. The van der Waals surface area contributed by atoms with Gasteiger partial charge in [-0.05, 0) is 13.0 Å². The van der Waals surface area contributed by atoms with Gasteiger partial charge in [0.05, 0.1) is 21.8 Å². The number of carbonyl (C=O) groups excluding carboxylic acids is 1. The third-order valence-electron chi connectivity index (χ3n) is 3.08. The molecule has 0 unspecified atom stereocenters. The first-order chi connectivity index (χ1) is 12.0. The Bertz CT molecular complexity index is 811. The summed E-state index contributed by atoms with van der Waals surface area (Å²) in [5.74, 6) is -0.646. The normalized spacial score (nSPS) is 11.2. The quantitative estimate of drug-likeness (QED) is 0.216. The van der Waals surface area contributed by atoms with E-state index in [1.165, 1.54) is 28.5 Å². The lowest BCUT2D eigenvalue weighted by Crippen LogP contribution is -2.27. The Morgan fingerprint density at radius 1 is 1.31 bits per heavy atom. The molecule has 4 N–H and O–H groups in total. The van der Waals surface area contributed by atoms with E-state index < -0.39 is 37.4 Å². The number of nitrogens with two attached hydrogens (primary N) is 1. The molecule has 0 aromatic heterocycles. The number of benzene rings is 1. The van der Waals surface area contributed by atoms with Gasteiger partial charge in [0.25, 0.3) is 11.6 Å². The van der Waals surface area contributed by atoms with Gasteiger partial charge in [-0.2, -0.15) is 0 Å². The number of nitrogens with zero attached hydrogens (tertiary/aromatic N) is 1. The molecule has 0 saturated carbocycles. The minimum absolute atomic E-state index is 0.0309. The predicted octanol–water partition coefficient (Wildman–Crippen LogP) is 1.14. The van der Waals surface area contributed by atoms with Crippen LogP contribution in [0, 0.1) is 17.0 Å². The molecule has 1 aromatic rings. The summed E-state index contributed by atoms with van der Waals surface area (Å²) in [6.07, 6.45) is 0.0350. The number of nitrogens with one attached hydrogen (secondary N) is 1. The Kier molecular flexibility index (Phi) is 8.33. The number of sulfonamides is 1. The van der Waals surface area contributed by atoms with Crippen molar-refractivity contribution in [3.8, 4) is 0 Å². The van der Waals surface area contributed by atoms with Gasteiger partial charge < -0.3 is 10.4 Å². The summed E-state index contributed by atoms with van der Waals surface area (Å²) in [6, 6.07) is 1.82. The van der Waals surface area contributed by atoms with Crippen molar-refractivity contribution in [1.82, 2.24) is 5.32 Å². The van der Waals surface area contributed by atoms with Gasteiger partial charge in [-0.3, -0.25) is 19.7 Å². The molecule has 0 spiro atoms. The maximum atomic E-state index is 12.2. The maximum Gasteiger partial charge on any atom is 0.304 e. The van der Waals surface area contributed by atoms with Crippen LogP contribution in [0.1, 0.15) is 22.3 Å². The van der Waals surface area contributed by atoms with Crippen LogP contribution in [-0.2, 0) is 14.8 Å². The summed E-state index contributed by atoms with van der Waals surface area (Å²) in [6.45, 7) is 1.56. The van der Waals surface area contributed by atoms with E-state index in [4.69, 9.17) is 10.2 Å². The van der Waals surface area contributed by atoms with Crippen LogP contribution in [-0.4, -0.2) is 48.4 Å². The summed E-state index contributed by atoms with van der Waals surface area (Å²) < 4.78 is 23.0. The van der Waals surface area contributed by atoms with Gasteiger partial charge in [0.2, 0.25) is 10.0 Å². The molecule has 0 aliphatic carbocycles. The number of amides is 1. The Morgan fingerprint density at radius 2 is 1.92 bits per heavy atom. The molecule has 10 nitrogen and oxygen atoms in total. The second-order valence-corrected chi connectivity index (χ2v) is 9.22. The van der Waals surface area contributed by atoms with Crippen molar-refractivity contribution in [2.45, 2.75) is 18.2 Å². The molecule has 0 saturated heterocycles. The smallest absolute Gasteiger partial charge is 0.304 e. The minimum atomic E-state index is -4.21. The fraction of sp³-hybridized carbons (Fsp3) is 0.385. The molecule has 13 heteroatoms. The van der Waals surface area contributed by atoms with Crippen LogP contribution in [0.15, 0.2) is 17.0 Å². The highest BCUT2D eigenvalue weighted by atomic mass is 33.1. The molecular weight excluding hydrogens is 406 g/mol. The van der Waals surface area contributed by atoms with Gasteiger partial charge in [0.1, 0.15) is 0 Å². The summed E-state index contributed by atoms with van der Waals surface area (Å²) in [5, 5.41) is 27.1. The number of nitro benzene ring substituents is 1. The van der Waals surface area contributed by atoms with Gasteiger partial charge in [0.15, 0.2) is 0 Å². The molecule has 0 atom stereocenters. The van der Waals surface area contributed by atoms with E-state index in [0.717, 1.165) is 12.1 Å². The number of carbonyl (C=O) groups is 2. The van der Waals surface area contributed by atoms with Crippen LogP contribution in [0.5, 0.6) is 0 Å². The fourth-order valence-electron chi connectivity index (χ4n) is 1.81. The number of aliphatic carboxylic acids is 1. The summed E-state index contributed by atoms with van der Waals surface area (Å²) in [5.41, 5.74) is -0.629. The molecule has 144 valence electrons. The highest BCUT2D eigenvalue weighted by Crippen LogP contribution is 2.26. The molecule has 1 rings (SSSR count). The largest absolute Gasteiger partial charge is 0.481 e. The number of carboxylic acid groups (broad SMARTS) is 1. The van der Waals surface area contributed by atoms with Crippen molar-refractivity contribution in [1.29, 1.82) is 0 Å². The van der Waals surface area contributed by atoms with Crippen LogP contribution in [0.3, 0.4) is 0 Å². The van der Waals surface area contributed by atoms with Crippen LogP contribution >= 0.6 is 21.6 Å². The standard InChI is InChI=1S/C13H17N3O7S3/c1-8-10(6-9(26(14,22)23)7-11(8)16(20)21)13(19)15-3-5-25-24-4-2-12(17)18/h6-7H,2-5H2,1H3,(H,15,19)(H,17,18)(H2,14,22,23). The number of nitro groups is 1. The Labute approximate surface area is 157 Å². The number of hydrogen-bond donors (Lipinski definition) is 3. The first-order valence-corrected chi connectivity index (χ1v) is 11.1. The SMILES string of the molecule is Cc1c(C(=O)NCCSSCCC(=O)O)cc(S(N)(=O)=O)cc1[N+](=O)[O-]. The highest BCUT2D eigenvalue weighted by Gasteiger charge is 2.23. The Morgan fingerprint density at radius 3 is 2.46 bits per heavy atom. The first-order valence-electron chi connectivity index (χ1n) is 7.10. The van der Waals surface area contributed by atoms with E-state index in [9.17, 15) is 28.1 Å². The molecule has 1 aromatic carbocycles. The monoisotopic (exact) mass is 423 g/mol. The lowest BCUT2D eigenvalue weighted by atomic mass is 10.1. The van der Waals surface area contributed by atoms with Crippen molar-refractivity contribution in [2.75, 3.05) is 18.1 Å². The Hall–Kier alpha value is -1.83. The maximum absolute atomic E-state index is 12.2. The van der Waals surface area contributed by atoms with Gasteiger partial charge >= 0.3 is 5.97 Å². The molecule has 26 heavy (non-hydrogen) atoms. The van der Waals surface area contributed by atoms with Gasteiger partial charge in [0, 0.05) is 29.7 Å². The minimum Gasteiger partial charge on any atom is -0.481 e. The topological polar surface area (TPSA) is 170 Å². The number of rotatable bonds is 10. The Balaban J connectivity index is 2.78. The lowest BCUT2D eigenvalue weighted by Gasteiger charge is -2.10. The average molecular weight is 423 g/mol. The van der Waals surface area contributed by atoms with E-state index >= 15 is 0 Å². The zero-order valence-corrected chi connectivity index (χ0v) is 16.1. The van der Waals surface area contributed by atoms with Crippen LogP contribution in [0.4, 0.5) is 5.69 Å². The third-order valence-corrected chi connectivity index (χ3v) is 6.38.